The average molecular weight is 513 g/mol. The lowest BCUT2D eigenvalue weighted by Gasteiger charge is -2.17. The maximum atomic E-state index is 14.1. The molecule has 0 aliphatic carbocycles. The summed E-state index contributed by atoms with van der Waals surface area (Å²) in [7, 11) is 0. The van der Waals surface area contributed by atoms with Crippen LogP contribution < -0.4 is 11.5 Å². The number of rotatable bonds is 8. The van der Waals surface area contributed by atoms with Crippen LogP contribution in [0.2, 0.25) is 0 Å². The fraction of sp³-hybridized carbons (Fsp3) is 0.393. The van der Waals surface area contributed by atoms with E-state index in [1.54, 1.807) is 43.2 Å². The van der Waals surface area contributed by atoms with Gasteiger partial charge in [0.15, 0.2) is 0 Å². The second-order valence-corrected chi connectivity index (χ2v) is 9.50. The number of benzene rings is 1. The first-order valence-corrected chi connectivity index (χ1v) is 12.4. The molecule has 0 fully saturated rings. The van der Waals surface area contributed by atoms with E-state index in [9.17, 15) is 13.9 Å². The maximum absolute atomic E-state index is 14.1. The molecular weight excluding hydrogens is 474 g/mol. The molecule has 0 saturated carbocycles. The van der Waals surface area contributed by atoms with Crippen LogP contribution in [0.3, 0.4) is 0 Å². The molecule has 0 bridgehead atoms. The highest BCUT2D eigenvalue weighted by Gasteiger charge is 2.18. The molecule has 200 valence electrons. The quantitative estimate of drug-likeness (QED) is 0.342. The van der Waals surface area contributed by atoms with Gasteiger partial charge in [0, 0.05) is 29.7 Å². The first-order valence-electron chi connectivity index (χ1n) is 12.4. The zero-order valence-electron chi connectivity index (χ0n) is 22.5. The van der Waals surface area contributed by atoms with Crippen molar-refractivity contribution < 1.29 is 13.9 Å². The minimum absolute atomic E-state index is 0.0419. The molecule has 3 aromatic rings. The predicted octanol–water partition coefficient (Wildman–Crippen LogP) is 5.53. The van der Waals surface area contributed by atoms with Crippen LogP contribution in [0, 0.1) is 11.6 Å². The molecule has 7 nitrogen and oxygen atoms in total. The number of hydrogen-bond donors (Lipinski definition) is 3. The van der Waals surface area contributed by atoms with Crippen molar-refractivity contribution in [3.8, 4) is 11.4 Å². The van der Waals surface area contributed by atoms with Crippen LogP contribution in [-0.2, 0) is 6.54 Å². The van der Waals surface area contributed by atoms with E-state index in [0.717, 1.165) is 12.1 Å². The van der Waals surface area contributed by atoms with Crippen LogP contribution in [0.1, 0.15) is 71.6 Å². The Kier molecular flexibility index (Phi) is 10.5. The van der Waals surface area contributed by atoms with Gasteiger partial charge in [-0.1, -0.05) is 40.2 Å². The summed E-state index contributed by atoms with van der Waals surface area (Å²) in [5.74, 6) is -1.81. The highest BCUT2D eigenvalue weighted by molar-refractivity contribution is 5.66. The van der Waals surface area contributed by atoms with Crippen LogP contribution in [0.15, 0.2) is 60.2 Å². The summed E-state index contributed by atoms with van der Waals surface area (Å²) in [5, 5.41) is 14.5. The van der Waals surface area contributed by atoms with Crippen molar-refractivity contribution in [2.24, 2.45) is 11.5 Å². The van der Waals surface area contributed by atoms with Crippen molar-refractivity contribution in [3.05, 3.63) is 83.1 Å². The fourth-order valence-corrected chi connectivity index (χ4v) is 3.56. The molecular formula is C28H38F2N6O. The lowest BCUT2D eigenvalue weighted by molar-refractivity contribution is 0.0578. The third kappa shape index (κ3) is 8.21. The highest BCUT2D eigenvalue weighted by atomic mass is 19.1. The van der Waals surface area contributed by atoms with E-state index < -0.39 is 17.2 Å². The summed E-state index contributed by atoms with van der Waals surface area (Å²) in [5.41, 5.74) is 14.2. The Morgan fingerprint density at radius 3 is 2.27 bits per heavy atom. The second kappa shape index (κ2) is 13.1. The summed E-state index contributed by atoms with van der Waals surface area (Å²) in [6, 6.07) is 5.40. The molecule has 37 heavy (non-hydrogen) atoms. The van der Waals surface area contributed by atoms with E-state index in [-0.39, 0.29) is 17.2 Å². The molecule has 2 heterocycles. The maximum Gasteiger partial charge on any atom is 0.135 e. The Morgan fingerprint density at radius 1 is 1.08 bits per heavy atom. The van der Waals surface area contributed by atoms with E-state index in [2.05, 4.69) is 28.9 Å². The van der Waals surface area contributed by atoms with Crippen LogP contribution in [0.5, 0.6) is 0 Å². The third-order valence-electron chi connectivity index (χ3n) is 5.35. The largest absolute Gasteiger partial charge is 0.401 e. The van der Waals surface area contributed by atoms with Gasteiger partial charge in [0.25, 0.3) is 0 Å². The molecule has 2 aromatic heterocycles. The predicted molar refractivity (Wildman–Crippen MR) is 144 cm³/mol. The lowest BCUT2D eigenvalue weighted by atomic mass is 9.96. The van der Waals surface area contributed by atoms with Gasteiger partial charge in [0.05, 0.1) is 29.6 Å². The van der Waals surface area contributed by atoms with Gasteiger partial charge in [-0.2, -0.15) is 5.10 Å². The van der Waals surface area contributed by atoms with Gasteiger partial charge in [0.1, 0.15) is 23.0 Å². The number of allylic oxidation sites excluding steroid dienone is 3. The van der Waals surface area contributed by atoms with Crippen LogP contribution in [0.4, 0.5) is 8.78 Å². The van der Waals surface area contributed by atoms with E-state index in [0.29, 0.717) is 41.3 Å². The van der Waals surface area contributed by atoms with Gasteiger partial charge in [-0.25, -0.2) is 13.8 Å². The molecule has 1 unspecified atom stereocenters. The topological polar surface area (TPSA) is 116 Å². The number of hydrogen-bond acceptors (Lipinski definition) is 6. The van der Waals surface area contributed by atoms with Gasteiger partial charge in [-0.3, -0.25) is 9.67 Å². The summed E-state index contributed by atoms with van der Waals surface area (Å²) < 4.78 is 29.9. The molecule has 0 aliphatic heterocycles. The molecule has 0 aliphatic rings. The summed E-state index contributed by atoms with van der Waals surface area (Å²) >= 11 is 0. The third-order valence-corrected chi connectivity index (χ3v) is 5.35. The van der Waals surface area contributed by atoms with Gasteiger partial charge >= 0.3 is 0 Å². The average Bonchev–Trinajstić information content (AvgIpc) is 3.29. The van der Waals surface area contributed by atoms with E-state index in [4.69, 9.17) is 11.5 Å². The minimum Gasteiger partial charge on any atom is -0.401 e. The molecule has 0 spiro atoms. The lowest BCUT2D eigenvalue weighted by Crippen LogP contribution is -2.26. The Hall–Kier alpha value is -3.59. The molecule has 0 amide bonds. The van der Waals surface area contributed by atoms with Gasteiger partial charge < -0.3 is 16.6 Å². The summed E-state index contributed by atoms with van der Waals surface area (Å²) in [6.07, 6.45) is 8.24. The minimum atomic E-state index is -0.901. The Balaban J connectivity index is 0.00000153. The first kappa shape index (κ1) is 29.6. The molecule has 0 radical (unpaired) electrons. The van der Waals surface area contributed by atoms with Gasteiger partial charge in [-0.15, -0.1) is 0 Å². The Labute approximate surface area is 217 Å². The Morgan fingerprint density at radius 2 is 1.70 bits per heavy atom. The van der Waals surface area contributed by atoms with E-state index in [1.165, 1.54) is 18.6 Å². The summed E-state index contributed by atoms with van der Waals surface area (Å²) in [6.45, 7) is 11.8. The van der Waals surface area contributed by atoms with Crippen LogP contribution in [-0.4, -0.2) is 30.5 Å². The first-order chi connectivity index (χ1) is 17.4. The number of aliphatic hydroxyl groups is 1. The number of nitrogens with zero attached hydrogens (tertiary/aromatic N) is 4. The van der Waals surface area contributed by atoms with Gasteiger partial charge in [0.2, 0.25) is 0 Å². The van der Waals surface area contributed by atoms with Crippen LogP contribution >= 0.6 is 0 Å². The standard InChI is InChI=1S/C25H30F2N6O.C3H8/c1-5-16(11-19(28)23-17(26)7-6-8-18(23)27)24(29)15(2)21-12-30-13-22(31-21)20-9-10-33(32-20)14-25(3,4)34;1-3-2/h6-13,15,34H,5,14,28-29H2,1-4H3;3H2,1-2H3/b19-11-,24-16-;. The zero-order valence-corrected chi connectivity index (χ0v) is 22.5. The number of halogens is 2. The molecule has 5 N–H and O–H groups in total. The molecule has 1 aromatic carbocycles. The molecule has 0 saturated heterocycles. The van der Waals surface area contributed by atoms with Crippen molar-refractivity contribution in [2.75, 3.05) is 0 Å². The van der Waals surface area contributed by atoms with Crippen molar-refractivity contribution in [2.45, 2.75) is 72.4 Å². The summed E-state index contributed by atoms with van der Waals surface area (Å²) in [4.78, 5) is 8.96. The number of aromatic nitrogens is 4. The van der Waals surface area contributed by atoms with Crippen molar-refractivity contribution in [1.29, 1.82) is 0 Å². The SMILES string of the molecule is CCC.CCC(/C=C(\N)c1c(F)cccc1F)=C(/N)C(C)c1cncc(-c2ccn(CC(C)(C)O)n2)n1. The van der Waals surface area contributed by atoms with E-state index in [1.807, 2.05) is 13.8 Å². The fourth-order valence-electron chi connectivity index (χ4n) is 3.56. The Bertz CT molecular complexity index is 1220. The van der Waals surface area contributed by atoms with Crippen molar-refractivity contribution in [1.82, 2.24) is 19.7 Å². The number of nitrogens with two attached hydrogens (primary N) is 2. The monoisotopic (exact) mass is 512 g/mol. The molecule has 3 rings (SSSR count). The smallest absolute Gasteiger partial charge is 0.135 e. The van der Waals surface area contributed by atoms with E-state index >= 15 is 0 Å². The molecule has 1 atom stereocenters. The second-order valence-electron chi connectivity index (χ2n) is 9.50. The highest BCUT2D eigenvalue weighted by Crippen LogP contribution is 2.27. The zero-order chi connectivity index (χ0) is 27.8. The van der Waals surface area contributed by atoms with Gasteiger partial charge in [-0.05, 0) is 50.1 Å². The molecule has 9 heteroatoms. The van der Waals surface area contributed by atoms with Crippen molar-refractivity contribution >= 4 is 5.70 Å². The van der Waals surface area contributed by atoms with Crippen LogP contribution in [0.25, 0.3) is 17.1 Å². The van der Waals surface area contributed by atoms with Crippen molar-refractivity contribution in [3.63, 3.8) is 0 Å². The normalized spacial score (nSPS) is 13.5.